The molecule has 0 radical (unpaired) electrons. The van der Waals surface area contributed by atoms with Gasteiger partial charge in [-0.15, -0.1) is 0 Å². The molecule has 0 aliphatic carbocycles. The standard InChI is InChI=1S/C18H26ClN3O3S/c1-15-5-7-21(8-6-15)18(23)14-20-9-11-22(12-10-20)26(24,25)17-4-2-3-16(19)13-17/h2-4,13,15H,5-12,14H2,1H3/p+1. The molecule has 2 aliphatic heterocycles. The van der Waals surface area contributed by atoms with Crippen molar-refractivity contribution in [1.82, 2.24) is 9.21 Å². The highest BCUT2D eigenvalue weighted by Gasteiger charge is 2.32. The van der Waals surface area contributed by atoms with Crippen LogP contribution in [-0.2, 0) is 14.8 Å². The molecule has 1 aromatic rings. The number of piperidine rings is 1. The Morgan fingerprint density at radius 1 is 1.19 bits per heavy atom. The van der Waals surface area contributed by atoms with Gasteiger partial charge in [-0.25, -0.2) is 8.42 Å². The minimum absolute atomic E-state index is 0.193. The third-order valence-corrected chi connectivity index (χ3v) is 7.53. The number of carbonyl (C=O) groups is 1. The zero-order valence-corrected chi connectivity index (χ0v) is 16.7. The fourth-order valence-electron chi connectivity index (χ4n) is 3.58. The van der Waals surface area contributed by atoms with Gasteiger partial charge in [0.05, 0.1) is 31.1 Å². The third-order valence-electron chi connectivity index (χ3n) is 5.40. The number of hydrogen-bond donors (Lipinski definition) is 1. The Kier molecular flexibility index (Phi) is 6.22. The molecular formula is C18H27ClN3O3S+. The van der Waals surface area contributed by atoms with Gasteiger partial charge < -0.3 is 9.80 Å². The fraction of sp³-hybridized carbons (Fsp3) is 0.611. The first kappa shape index (κ1) is 19.6. The summed E-state index contributed by atoms with van der Waals surface area (Å²) in [7, 11) is -3.52. The lowest BCUT2D eigenvalue weighted by atomic mass is 9.99. The van der Waals surface area contributed by atoms with E-state index in [-0.39, 0.29) is 10.8 Å². The van der Waals surface area contributed by atoms with Crippen LogP contribution in [0.15, 0.2) is 29.2 Å². The topological polar surface area (TPSA) is 62.1 Å². The molecule has 3 rings (SSSR count). The van der Waals surface area contributed by atoms with Crippen LogP contribution in [0.2, 0.25) is 5.02 Å². The van der Waals surface area contributed by atoms with Crippen LogP contribution in [0.25, 0.3) is 0 Å². The second-order valence-electron chi connectivity index (χ2n) is 7.35. The molecule has 2 aliphatic rings. The van der Waals surface area contributed by atoms with Crippen LogP contribution in [-0.4, -0.2) is 69.3 Å². The Bertz CT molecular complexity index is 740. The Balaban J connectivity index is 1.53. The van der Waals surface area contributed by atoms with Crippen molar-refractivity contribution in [3.63, 3.8) is 0 Å². The van der Waals surface area contributed by atoms with Crippen LogP contribution in [0.3, 0.4) is 0 Å². The molecule has 1 amide bonds. The number of quaternary nitrogens is 1. The molecular weight excluding hydrogens is 374 g/mol. The Hall–Kier alpha value is -1.15. The molecule has 0 spiro atoms. The predicted molar refractivity (Wildman–Crippen MR) is 101 cm³/mol. The van der Waals surface area contributed by atoms with E-state index in [9.17, 15) is 13.2 Å². The fourth-order valence-corrected chi connectivity index (χ4v) is 5.32. The van der Waals surface area contributed by atoms with E-state index < -0.39 is 10.0 Å². The lowest BCUT2D eigenvalue weighted by Gasteiger charge is -2.34. The van der Waals surface area contributed by atoms with Crippen LogP contribution >= 0.6 is 11.6 Å². The van der Waals surface area contributed by atoms with Gasteiger partial charge in [-0.2, -0.15) is 4.31 Å². The third kappa shape index (κ3) is 4.57. The molecule has 6 nitrogen and oxygen atoms in total. The Morgan fingerprint density at radius 3 is 2.46 bits per heavy atom. The molecule has 0 unspecified atom stereocenters. The van der Waals surface area contributed by atoms with E-state index in [1.54, 1.807) is 18.2 Å². The van der Waals surface area contributed by atoms with Crippen LogP contribution in [0.1, 0.15) is 19.8 Å². The van der Waals surface area contributed by atoms with Crippen molar-refractivity contribution < 1.29 is 18.1 Å². The quantitative estimate of drug-likeness (QED) is 0.800. The number of nitrogens with one attached hydrogen (secondary N) is 1. The molecule has 8 heteroatoms. The first-order valence-electron chi connectivity index (χ1n) is 9.23. The van der Waals surface area contributed by atoms with Gasteiger partial charge in [0.15, 0.2) is 6.54 Å². The van der Waals surface area contributed by atoms with Crippen molar-refractivity contribution >= 4 is 27.5 Å². The number of nitrogens with zero attached hydrogens (tertiary/aromatic N) is 2. The summed E-state index contributed by atoms with van der Waals surface area (Å²) in [5.41, 5.74) is 0. The summed E-state index contributed by atoms with van der Waals surface area (Å²) in [4.78, 5) is 15.8. The molecule has 1 N–H and O–H groups in total. The molecule has 1 aromatic carbocycles. The maximum Gasteiger partial charge on any atom is 0.277 e. The molecule has 0 saturated carbocycles. The largest absolute Gasteiger partial charge is 0.338 e. The van der Waals surface area contributed by atoms with Crippen molar-refractivity contribution in [2.75, 3.05) is 45.8 Å². The van der Waals surface area contributed by atoms with E-state index in [1.807, 2.05) is 4.90 Å². The minimum Gasteiger partial charge on any atom is -0.338 e. The number of hydrogen-bond acceptors (Lipinski definition) is 3. The predicted octanol–water partition coefficient (Wildman–Crippen LogP) is 0.488. The van der Waals surface area contributed by atoms with Crippen LogP contribution in [0, 0.1) is 5.92 Å². The molecule has 0 atom stereocenters. The highest BCUT2D eigenvalue weighted by molar-refractivity contribution is 7.89. The van der Waals surface area contributed by atoms with Gasteiger partial charge in [-0.3, -0.25) is 4.79 Å². The zero-order valence-electron chi connectivity index (χ0n) is 15.2. The normalized spacial score (nSPS) is 21.1. The second kappa shape index (κ2) is 8.25. The van der Waals surface area contributed by atoms with Crippen molar-refractivity contribution in [3.05, 3.63) is 29.3 Å². The molecule has 2 saturated heterocycles. The molecule has 26 heavy (non-hydrogen) atoms. The maximum atomic E-state index is 12.7. The first-order valence-corrected chi connectivity index (χ1v) is 11.0. The second-order valence-corrected chi connectivity index (χ2v) is 9.73. The summed E-state index contributed by atoms with van der Waals surface area (Å²) >= 11 is 5.92. The number of likely N-dealkylation sites (tertiary alicyclic amines) is 1. The minimum atomic E-state index is -3.52. The number of halogens is 1. The van der Waals surface area contributed by atoms with Crippen LogP contribution in [0.4, 0.5) is 0 Å². The van der Waals surface area contributed by atoms with E-state index in [4.69, 9.17) is 11.6 Å². The van der Waals surface area contributed by atoms with Gasteiger partial charge >= 0.3 is 0 Å². The summed E-state index contributed by atoms with van der Waals surface area (Å²) < 4.78 is 27.0. The number of carbonyl (C=O) groups excluding carboxylic acids is 1. The van der Waals surface area contributed by atoms with E-state index in [0.29, 0.717) is 43.7 Å². The molecule has 0 aromatic heterocycles. The number of rotatable bonds is 4. The number of piperazine rings is 1. The van der Waals surface area contributed by atoms with Crippen molar-refractivity contribution in [2.24, 2.45) is 5.92 Å². The maximum absolute atomic E-state index is 12.7. The number of amides is 1. The smallest absolute Gasteiger partial charge is 0.277 e. The van der Waals surface area contributed by atoms with E-state index in [1.165, 1.54) is 10.4 Å². The first-order chi connectivity index (χ1) is 12.4. The summed E-state index contributed by atoms with van der Waals surface area (Å²) in [5, 5.41) is 0.414. The van der Waals surface area contributed by atoms with E-state index in [0.717, 1.165) is 30.8 Å². The van der Waals surface area contributed by atoms with Crippen molar-refractivity contribution in [2.45, 2.75) is 24.7 Å². The molecule has 2 heterocycles. The van der Waals surface area contributed by atoms with Gasteiger partial charge in [-0.05, 0) is 37.0 Å². The average molecular weight is 401 g/mol. The highest BCUT2D eigenvalue weighted by atomic mass is 35.5. The van der Waals surface area contributed by atoms with E-state index in [2.05, 4.69) is 6.92 Å². The van der Waals surface area contributed by atoms with Crippen LogP contribution in [0.5, 0.6) is 0 Å². The van der Waals surface area contributed by atoms with E-state index >= 15 is 0 Å². The molecule has 2 fully saturated rings. The van der Waals surface area contributed by atoms with Crippen molar-refractivity contribution in [3.8, 4) is 0 Å². The van der Waals surface area contributed by atoms with Gasteiger partial charge in [0.25, 0.3) is 5.91 Å². The monoisotopic (exact) mass is 400 g/mol. The summed E-state index contributed by atoms with van der Waals surface area (Å²) in [6.45, 7) is 6.53. The summed E-state index contributed by atoms with van der Waals surface area (Å²) in [6.07, 6.45) is 2.15. The number of sulfonamides is 1. The van der Waals surface area contributed by atoms with Crippen molar-refractivity contribution in [1.29, 1.82) is 0 Å². The molecule has 0 bridgehead atoms. The van der Waals surface area contributed by atoms with Gasteiger partial charge in [-0.1, -0.05) is 24.6 Å². The Labute approximate surface area is 160 Å². The average Bonchev–Trinajstić information content (AvgIpc) is 2.62. The van der Waals surface area contributed by atoms with Crippen LogP contribution < -0.4 is 4.90 Å². The summed E-state index contributed by atoms with van der Waals surface area (Å²) in [5.74, 6) is 0.893. The van der Waals surface area contributed by atoms with Gasteiger partial charge in [0.2, 0.25) is 10.0 Å². The SMILES string of the molecule is CC1CCN(C(=O)C[NH+]2CCN(S(=O)(=O)c3cccc(Cl)c3)CC2)CC1. The lowest BCUT2D eigenvalue weighted by molar-refractivity contribution is -0.896. The Morgan fingerprint density at radius 2 is 1.85 bits per heavy atom. The molecule has 144 valence electrons. The highest BCUT2D eigenvalue weighted by Crippen LogP contribution is 2.19. The van der Waals surface area contributed by atoms with Gasteiger partial charge in [0.1, 0.15) is 0 Å². The number of benzene rings is 1. The van der Waals surface area contributed by atoms with Gasteiger partial charge in [0, 0.05) is 18.1 Å². The summed E-state index contributed by atoms with van der Waals surface area (Å²) in [6, 6.07) is 6.36. The lowest BCUT2D eigenvalue weighted by Crippen LogP contribution is -3.15. The zero-order chi connectivity index (χ0) is 18.7.